The third-order valence-corrected chi connectivity index (χ3v) is 5.08. The maximum atomic E-state index is 12.9. The molecule has 0 bridgehead atoms. The van der Waals surface area contributed by atoms with E-state index in [0.717, 1.165) is 34.5 Å². The molecule has 148 valence electrons. The molecule has 0 aliphatic carbocycles. The van der Waals surface area contributed by atoms with Crippen LogP contribution in [0.3, 0.4) is 0 Å². The number of hydrogen-bond donors (Lipinski definition) is 2. The van der Waals surface area contributed by atoms with Crippen LogP contribution in [0.25, 0.3) is 11.0 Å². The summed E-state index contributed by atoms with van der Waals surface area (Å²) in [5.74, 6) is 1.09. The molecule has 3 heterocycles. The van der Waals surface area contributed by atoms with Crippen molar-refractivity contribution in [3.8, 4) is 5.75 Å². The summed E-state index contributed by atoms with van der Waals surface area (Å²) in [4.78, 5) is 12.7. The summed E-state index contributed by atoms with van der Waals surface area (Å²) >= 11 is 0. The van der Waals surface area contributed by atoms with Crippen LogP contribution in [-0.4, -0.2) is 35.2 Å². The summed E-state index contributed by atoms with van der Waals surface area (Å²) in [6, 6.07) is 4.86. The number of nitrogens with two attached hydrogens (primary N) is 1. The zero-order chi connectivity index (χ0) is 19.9. The van der Waals surface area contributed by atoms with Crippen LogP contribution < -0.4 is 20.4 Å². The Morgan fingerprint density at radius 3 is 3.00 bits per heavy atom. The number of aryl methyl sites for hydroxylation is 1. The van der Waals surface area contributed by atoms with Gasteiger partial charge in [-0.3, -0.25) is 4.90 Å². The number of benzene rings is 1. The van der Waals surface area contributed by atoms with Gasteiger partial charge in [-0.1, -0.05) is 11.1 Å². The Labute approximate surface area is 159 Å². The van der Waals surface area contributed by atoms with Gasteiger partial charge < -0.3 is 15.5 Å². The highest BCUT2D eigenvalue weighted by atomic mass is 19.4. The molecular formula is C19H21F3N5O+. The topological polar surface area (TPSA) is 81.3 Å². The second-order valence-electron chi connectivity index (χ2n) is 7.29. The first-order valence-corrected chi connectivity index (χ1v) is 8.93. The number of rotatable bonds is 4. The summed E-state index contributed by atoms with van der Waals surface area (Å²) in [7, 11) is 0. The minimum absolute atomic E-state index is 0.130. The number of H-pyrrole nitrogens is 2. The largest absolute Gasteiger partial charge is 0.492 e. The molecule has 1 fully saturated rings. The number of nitrogens with zero attached hydrogens (tertiary/aromatic N) is 2. The molecule has 1 unspecified atom stereocenters. The average Bonchev–Trinajstić information content (AvgIpc) is 3.24. The highest BCUT2D eigenvalue weighted by molar-refractivity contribution is 5.89. The molecule has 0 amide bonds. The van der Waals surface area contributed by atoms with Crippen LogP contribution in [0.5, 0.6) is 5.75 Å². The van der Waals surface area contributed by atoms with Crippen LogP contribution in [0.4, 0.5) is 19.0 Å². The first-order chi connectivity index (χ1) is 13.3. The number of anilines is 1. The van der Waals surface area contributed by atoms with E-state index in [2.05, 4.69) is 19.9 Å². The minimum Gasteiger partial charge on any atom is -0.492 e. The molecule has 2 aromatic heterocycles. The Hall–Kier alpha value is -2.81. The van der Waals surface area contributed by atoms with E-state index >= 15 is 0 Å². The first-order valence-electron chi connectivity index (χ1n) is 8.93. The van der Waals surface area contributed by atoms with E-state index in [1.807, 2.05) is 13.1 Å². The predicted octanol–water partition coefficient (Wildman–Crippen LogP) is 2.69. The molecule has 4 N–H and O–H groups in total. The first kappa shape index (κ1) is 18.5. The van der Waals surface area contributed by atoms with Gasteiger partial charge in [-0.25, -0.2) is 4.98 Å². The zero-order valence-corrected chi connectivity index (χ0v) is 15.3. The monoisotopic (exact) mass is 392 g/mol. The van der Waals surface area contributed by atoms with E-state index in [0.29, 0.717) is 19.5 Å². The van der Waals surface area contributed by atoms with Gasteiger partial charge >= 0.3 is 6.18 Å². The molecule has 9 heteroatoms. The van der Waals surface area contributed by atoms with E-state index in [1.165, 1.54) is 12.1 Å². The van der Waals surface area contributed by atoms with E-state index in [9.17, 15) is 13.2 Å². The van der Waals surface area contributed by atoms with Crippen LogP contribution in [0.1, 0.15) is 17.5 Å². The molecule has 1 aliphatic heterocycles. The SMILES string of the molecule is Cc1c[nH]c2nc[nH+]c(N3CCC(N)(COc4cccc(C(F)(F)F)c4)C3)c12. The third-order valence-electron chi connectivity index (χ3n) is 5.08. The van der Waals surface area contributed by atoms with Gasteiger partial charge in [-0.15, -0.1) is 0 Å². The molecule has 1 aliphatic rings. The van der Waals surface area contributed by atoms with E-state index in [1.54, 1.807) is 6.33 Å². The van der Waals surface area contributed by atoms with Gasteiger partial charge in [0.2, 0.25) is 17.8 Å². The van der Waals surface area contributed by atoms with Crippen molar-refractivity contribution >= 4 is 16.9 Å². The Morgan fingerprint density at radius 1 is 1.39 bits per heavy atom. The Morgan fingerprint density at radius 2 is 2.21 bits per heavy atom. The van der Waals surface area contributed by atoms with E-state index in [-0.39, 0.29) is 12.4 Å². The molecule has 28 heavy (non-hydrogen) atoms. The number of alkyl halides is 3. The smallest absolute Gasteiger partial charge is 0.416 e. The number of halogens is 3. The average molecular weight is 392 g/mol. The van der Waals surface area contributed by atoms with E-state index < -0.39 is 17.3 Å². The summed E-state index contributed by atoms with van der Waals surface area (Å²) < 4.78 is 44.2. The lowest BCUT2D eigenvalue weighted by Crippen LogP contribution is -2.48. The Bertz CT molecular complexity index is 1000. The lowest BCUT2D eigenvalue weighted by atomic mass is 10.0. The second-order valence-corrected chi connectivity index (χ2v) is 7.29. The lowest BCUT2D eigenvalue weighted by molar-refractivity contribution is -0.366. The molecular weight excluding hydrogens is 371 g/mol. The quantitative estimate of drug-likeness (QED) is 0.715. The van der Waals surface area contributed by atoms with Gasteiger partial charge in [0.25, 0.3) is 0 Å². The van der Waals surface area contributed by atoms with Crippen molar-refractivity contribution in [1.29, 1.82) is 0 Å². The van der Waals surface area contributed by atoms with Crippen LogP contribution in [0.2, 0.25) is 0 Å². The Kier molecular flexibility index (Phi) is 4.41. The van der Waals surface area contributed by atoms with Gasteiger partial charge in [0.1, 0.15) is 17.7 Å². The normalized spacial score (nSPS) is 20.1. The van der Waals surface area contributed by atoms with Gasteiger partial charge in [-0.05, 0) is 30.7 Å². The number of ether oxygens (including phenoxy) is 1. The fourth-order valence-corrected chi connectivity index (χ4v) is 3.58. The van der Waals surface area contributed by atoms with Crippen LogP contribution in [-0.2, 0) is 6.18 Å². The molecule has 0 spiro atoms. The molecule has 1 atom stereocenters. The van der Waals surface area contributed by atoms with Crippen LogP contribution in [0, 0.1) is 6.92 Å². The third kappa shape index (κ3) is 3.49. The van der Waals surface area contributed by atoms with Crippen LogP contribution in [0.15, 0.2) is 36.8 Å². The Balaban J connectivity index is 1.48. The fourth-order valence-electron chi connectivity index (χ4n) is 3.58. The molecule has 0 saturated carbocycles. The van der Waals surface area contributed by atoms with Gasteiger partial charge in [0.15, 0.2) is 0 Å². The summed E-state index contributed by atoms with van der Waals surface area (Å²) in [5.41, 5.74) is 6.96. The van der Waals surface area contributed by atoms with Crippen molar-refractivity contribution in [1.82, 2.24) is 9.97 Å². The predicted molar refractivity (Wildman–Crippen MR) is 98.1 cm³/mol. The van der Waals surface area contributed by atoms with Crippen LogP contribution >= 0.6 is 0 Å². The summed E-state index contributed by atoms with van der Waals surface area (Å²) in [5, 5.41) is 1.01. The van der Waals surface area contributed by atoms with E-state index in [4.69, 9.17) is 10.5 Å². The standard InChI is InChI=1S/C19H20F3N5O/c1-12-8-24-16-15(12)17(26-11-25-16)27-6-5-18(23,9-27)10-28-14-4-2-3-13(7-14)19(20,21)22/h2-4,7-8,11H,5-6,9-10,23H2,1H3,(H,24,25,26)/p+1. The fraction of sp³-hybridized carbons (Fsp3) is 0.368. The second kappa shape index (κ2) is 6.66. The number of aromatic nitrogens is 3. The van der Waals surface area contributed by atoms with Crippen molar-refractivity contribution in [3.05, 3.63) is 47.9 Å². The van der Waals surface area contributed by atoms with Crippen molar-refractivity contribution < 1.29 is 22.9 Å². The van der Waals surface area contributed by atoms with Crippen molar-refractivity contribution in [2.45, 2.75) is 25.1 Å². The lowest BCUT2D eigenvalue weighted by Gasteiger charge is -2.23. The molecule has 1 saturated heterocycles. The molecule has 4 rings (SSSR count). The minimum atomic E-state index is -4.40. The maximum absolute atomic E-state index is 12.9. The number of fused-ring (bicyclic) bond motifs is 1. The van der Waals surface area contributed by atoms with Crippen molar-refractivity contribution in [2.75, 3.05) is 24.6 Å². The maximum Gasteiger partial charge on any atom is 0.416 e. The summed E-state index contributed by atoms with van der Waals surface area (Å²) in [6.07, 6.45) is -0.214. The molecule has 0 radical (unpaired) electrons. The number of hydrogen-bond acceptors (Lipinski definition) is 4. The molecule has 1 aromatic carbocycles. The summed E-state index contributed by atoms with van der Waals surface area (Å²) in [6.45, 7) is 3.36. The number of aromatic amines is 2. The number of nitrogens with one attached hydrogen (secondary N) is 2. The molecule has 6 nitrogen and oxygen atoms in total. The highest BCUT2D eigenvalue weighted by Gasteiger charge is 2.40. The van der Waals surface area contributed by atoms with Gasteiger partial charge in [0, 0.05) is 12.6 Å². The van der Waals surface area contributed by atoms with Gasteiger partial charge in [0.05, 0.1) is 24.2 Å². The van der Waals surface area contributed by atoms with Gasteiger partial charge in [-0.2, -0.15) is 13.2 Å². The highest BCUT2D eigenvalue weighted by Crippen LogP contribution is 2.32. The molecule has 3 aromatic rings. The van der Waals surface area contributed by atoms with Crippen molar-refractivity contribution in [2.24, 2.45) is 5.73 Å². The van der Waals surface area contributed by atoms with Crippen molar-refractivity contribution in [3.63, 3.8) is 0 Å². The zero-order valence-electron chi connectivity index (χ0n) is 15.3.